The zero-order valence-electron chi connectivity index (χ0n) is 8.85. The highest BCUT2D eigenvalue weighted by Gasteiger charge is 2.27. The normalized spacial score (nSPS) is 22.1. The Balaban J connectivity index is 2.71. The summed E-state index contributed by atoms with van der Waals surface area (Å²) in [7, 11) is 0. The van der Waals surface area contributed by atoms with Crippen LogP contribution in [0.2, 0.25) is 0 Å². The van der Waals surface area contributed by atoms with Gasteiger partial charge in [0.2, 0.25) is 0 Å². The van der Waals surface area contributed by atoms with E-state index in [1.165, 1.54) is 0 Å². The molecule has 0 heterocycles. The fourth-order valence-electron chi connectivity index (χ4n) is 1.36. The molecule has 0 aromatic carbocycles. The lowest BCUT2D eigenvalue weighted by Gasteiger charge is -2.13. The number of aliphatic hydroxyl groups excluding tert-OH is 2. The van der Waals surface area contributed by atoms with E-state index in [1.807, 2.05) is 0 Å². The molecule has 0 amide bonds. The van der Waals surface area contributed by atoms with Crippen LogP contribution in [-0.2, 0) is 9.59 Å². The molecule has 1 aliphatic carbocycles. The first kappa shape index (κ1) is 12.7. The number of hydrogen-bond acceptors (Lipinski definition) is 6. The van der Waals surface area contributed by atoms with Crippen LogP contribution in [0.4, 0.5) is 0 Å². The summed E-state index contributed by atoms with van der Waals surface area (Å²) < 4.78 is 0. The third kappa shape index (κ3) is 3.32. The van der Waals surface area contributed by atoms with Gasteiger partial charge in [-0.3, -0.25) is 19.6 Å². The predicted molar refractivity (Wildman–Crippen MR) is 58.0 cm³/mol. The number of Topliss-reactive ketones (excluding diaryl/α,β-unsaturated/α-hetero) is 2. The second kappa shape index (κ2) is 6.24. The maximum Gasteiger partial charge on any atom is 0.183 e. The largest absolute Gasteiger partial charge is 0.394 e. The number of rotatable bonds is 4. The lowest BCUT2D eigenvalue weighted by molar-refractivity contribution is -0.116. The van der Waals surface area contributed by atoms with E-state index < -0.39 is 0 Å². The molecule has 0 aliphatic heterocycles. The molecule has 0 radical (unpaired) electrons. The first-order valence-electron chi connectivity index (χ1n) is 5.03. The van der Waals surface area contributed by atoms with Gasteiger partial charge in [-0.1, -0.05) is 0 Å². The van der Waals surface area contributed by atoms with Crippen LogP contribution in [0.1, 0.15) is 12.8 Å². The Hall–Kier alpha value is -1.40. The number of carbonyl (C=O) groups excluding carboxylic acids is 2. The van der Waals surface area contributed by atoms with Gasteiger partial charge in [0.15, 0.2) is 11.6 Å². The van der Waals surface area contributed by atoms with Gasteiger partial charge in [0.05, 0.1) is 50.6 Å². The number of hydrogen-bond donors (Lipinski definition) is 2. The minimum absolute atomic E-state index is 0.0525. The van der Waals surface area contributed by atoms with Gasteiger partial charge in [-0.15, -0.1) is 0 Å². The van der Waals surface area contributed by atoms with Gasteiger partial charge >= 0.3 is 0 Å². The van der Waals surface area contributed by atoms with Gasteiger partial charge in [-0.05, 0) is 0 Å². The summed E-state index contributed by atoms with van der Waals surface area (Å²) in [6.07, 6.45) is -0.105. The van der Waals surface area contributed by atoms with Gasteiger partial charge in [-0.2, -0.15) is 0 Å². The SMILES string of the molecule is O=C1CC(=NCCO)C(=O)CC1=NCCO. The molecule has 6 nitrogen and oxygen atoms in total. The van der Waals surface area contributed by atoms with Crippen LogP contribution in [0, 0.1) is 0 Å². The van der Waals surface area contributed by atoms with Crippen LogP contribution in [0.5, 0.6) is 0 Å². The summed E-state index contributed by atoms with van der Waals surface area (Å²) in [4.78, 5) is 30.7. The van der Waals surface area contributed by atoms with E-state index in [4.69, 9.17) is 10.2 Å². The van der Waals surface area contributed by atoms with Crippen molar-refractivity contribution in [2.75, 3.05) is 26.3 Å². The van der Waals surface area contributed by atoms with Gasteiger partial charge in [0, 0.05) is 0 Å². The summed E-state index contributed by atoms with van der Waals surface area (Å²) in [5.41, 5.74) is 0.420. The molecule has 0 unspecified atom stereocenters. The Morgan fingerprint density at radius 1 is 0.875 bits per heavy atom. The Labute approximate surface area is 92.7 Å². The lowest BCUT2D eigenvalue weighted by Crippen LogP contribution is -2.33. The third-order valence-corrected chi connectivity index (χ3v) is 2.11. The Morgan fingerprint density at radius 2 is 1.25 bits per heavy atom. The van der Waals surface area contributed by atoms with Crippen molar-refractivity contribution >= 4 is 23.0 Å². The van der Waals surface area contributed by atoms with Crippen molar-refractivity contribution in [3.8, 4) is 0 Å². The minimum Gasteiger partial charge on any atom is -0.394 e. The Kier molecular flexibility index (Phi) is 4.94. The van der Waals surface area contributed by atoms with E-state index in [9.17, 15) is 9.59 Å². The molecule has 0 aromatic heterocycles. The Morgan fingerprint density at radius 3 is 1.56 bits per heavy atom. The van der Waals surface area contributed by atoms with Crippen molar-refractivity contribution in [2.24, 2.45) is 9.98 Å². The van der Waals surface area contributed by atoms with Gasteiger partial charge in [-0.25, -0.2) is 0 Å². The second-order valence-electron chi connectivity index (χ2n) is 3.30. The second-order valence-corrected chi connectivity index (χ2v) is 3.30. The number of aliphatic imine (C=N–C) groups is 2. The number of ketones is 2. The molecule has 88 valence electrons. The van der Waals surface area contributed by atoms with Crippen LogP contribution < -0.4 is 0 Å². The molecule has 1 saturated carbocycles. The van der Waals surface area contributed by atoms with Crippen molar-refractivity contribution in [3.63, 3.8) is 0 Å². The van der Waals surface area contributed by atoms with Crippen LogP contribution in [0.3, 0.4) is 0 Å². The Bertz CT molecular complexity index is 313. The molecule has 0 bridgehead atoms. The molecule has 0 saturated heterocycles. The first-order chi connectivity index (χ1) is 7.69. The summed E-state index contributed by atoms with van der Waals surface area (Å²) in [6, 6.07) is 0. The van der Waals surface area contributed by atoms with Crippen molar-refractivity contribution in [2.45, 2.75) is 12.8 Å². The molecule has 6 heteroatoms. The maximum absolute atomic E-state index is 11.5. The number of carbonyl (C=O) groups is 2. The average molecular weight is 226 g/mol. The quantitative estimate of drug-likeness (QED) is 0.628. The molecule has 0 atom stereocenters. The van der Waals surface area contributed by atoms with Crippen molar-refractivity contribution < 1.29 is 19.8 Å². The summed E-state index contributed by atoms with van der Waals surface area (Å²) in [6.45, 7) is -0.0121. The fraction of sp³-hybridized carbons (Fsp3) is 0.600. The first-order valence-corrected chi connectivity index (χ1v) is 5.03. The zero-order chi connectivity index (χ0) is 12.0. The molecule has 0 aromatic rings. The van der Waals surface area contributed by atoms with Gasteiger partial charge in [0.1, 0.15) is 0 Å². The molecule has 1 fully saturated rings. The third-order valence-electron chi connectivity index (χ3n) is 2.11. The topological polar surface area (TPSA) is 99.3 Å². The van der Waals surface area contributed by atoms with Crippen LogP contribution in [-0.4, -0.2) is 59.5 Å². The van der Waals surface area contributed by atoms with Crippen LogP contribution in [0.25, 0.3) is 0 Å². The van der Waals surface area contributed by atoms with E-state index >= 15 is 0 Å². The van der Waals surface area contributed by atoms with E-state index in [0.717, 1.165) is 0 Å². The number of nitrogens with zero attached hydrogens (tertiary/aromatic N) is 2. The van der Waals surface area contributed by atoms with Gasteiger partial charge in [0.25, 0.3) is 0 Å². The summed E-state index contributed by atoms with van der Waals surface area (Å²) >= 11 is 0. The highest BCUT2D eigenvalue weighted by Crippen LogP contribution is 2.08. The van der Waals surface area contributed by atoms with Gasteiger partial charge < -0.3 is 10.2 Å². The van der Waals surface area contributed by atoms with Crippen molar-refractivity contribution in [3.05, 3.63) is 0 Å². The molecule has 1 aliphatic rings. The molecular formula is C10H14N2O4. The van der Waals surface area contributed by atoms with Crippen molar-refractivity contribution in [1.82, 2.24) is 0 Å². The average Bonchev–Trinajstić information content (AvgIpc) is 2.28. The summed E-state index contributed by atoms with van der Waals surface area (Å²) in [5.74, 6) is -0.463. The maximum atomic E-state index is 11.5. The molecule has 2 N–H and O–H groups in total. The summed E-state index contributed by atoms with van der Waals surface area (Å²) in [5, 5.41) is 17.1. The van der Waals surface area contributed by atoms with Crippen LogP contribution >= 0.6 is 0 Å². The zero-order valence-corrected chi connectivity index (χ0v) is 8.85. The highest BCUT2D eigenvalue weighted by molar-refractivity contribution is 6.60. The fourth-order valence-corrected chi connectivity index (χ4v) is 1.36. The molecule has 0 spiro atoms. The number of aliphatic hydroxyl groups is 2. The van der Waals surface area contributed by atoms with E-state index in [2.05, 4.69) is 9.98 Å². The standard InChI is InChI=1S/C10H14N2O4/c13-3-1-11-7-5-10(16)8(6-9(7)15)12-2-4-14/h13-14H,1-6H2. The monoisotopic (exact) mass is 226 g/mol. The van der Waals surface area contributed by atoms with Crippen LogP contribution in [0.15, 0.2) is 9.98 Å². The predicted octanol–water partition coefficient (Wildman–Crippen LogP) is -1.21. The lowest BCUT2D eigenvalue weighted by atomic mass is 9.93. The molecule has 1 rings (SSSR count). The minimum atomic E-state index is -0.232. The molecule has 16 heavy (non-hydrogen) atoms. The van der Waals surface area contributed by atoms with Crippen molar-refractivity contribution in [1.29, 1.82) is 0 Å². The highest BCUT2D eigenvalue weighted by atomic mass is 16.3. The van der Waals surface area contributed by atoms with E-state index in [1.54, 1.807) is 0 Å². The van der Waals surface area contributed by atoms with E-state index in [-0.39, 0.29) is 62.1 Å². The molecular weight excluding hydrogens is 212 g/mol. The smallest absolute Gasteiger partial charge is 0.183 e. The van der Waals surface area contributed by atoms with E-state index in [0.29, 0.717) is 0 Å².